The maximum atomic E-state index is 8.70. The van der Waals surface area contributed by atoms with Crippen molar-refractivity contribution in [3.63, 3.8) is 0 Å². The summed E-state index contributed by atoms with van der Waals surface area (Å²) in [5, 5.41) is 26.1. The Hall–Kier alpha value is -1.57. The van der Waals surface area contributed by atoms with Gasteiger partial charge < -0.3 is 0 Å². The van der Waals surface area contributed by atoms with Gasteiger partial charge in [-0.25, -0.2) is 0 Å². The molecule has 0 aromatic carbocycles. The van der Waals surface area contributed by atoms with E-state index in [1.165, 1.54) is 0 Å². The molecular formula is C15H24N4. The van der Waals surface area contributed by atoms with Crippen LogP contribution in [0, 0.1) is 34.0 Å². The van der Waals surface area contributed by atoms with Gasteiger partial charge >= 0.3 is 0 Å². The number of hydrogen-bond donors (Lipinski definition) is 0. The van der Waals surface area contributed by atoms with Gasteiger partial charge in [0.05, 0.1) is 18.2 Å². The molecule has 0 radical (unpaired) electrons. The van der Waals surface area contributed by atoms with Crippen LogP contribution in [0.4, 0.5) is 0 Å². The fraction of sp³-hybridized carbons (Fsp3) is 0.800. The highest BCUT2D eigenvalue weighted by Gasteiger charge is 2.24. The highest BCUT2D eigenvalue weighted by Crippen LogP contribution is 2.20. The highest BCUT2D eigenvalue weighted by molar-refractivity contribution is 4.85. The maximum absolute atomic E-state index is 8.70. The highest BCUT2D eigenvalue weighted by atomic mass is 15.2. The fourth-order valence-electron chi connectivity index (χ4n) is 2.57. The van der Waals surface area contributed by atoms with Crippen LogP contribution in [-0.2, 0) is 0 Å². The molecule has 104 valence electrons. The molecule has 3 atom stereocenters. The molecule has 0 fully saturated rings. The van der Waals surface area contributed by atoms with E-state index in [1.807, 2.05) is 0 Å². The molecule has 0 N–H and O–H groups in total. The third-order valence-corrected chi connectivity index (χ3v) is 3.55. The van der Waals surface area contributed by atoms with E-state index in [-0.39, 0.29) is 0 Å². The first-order chi connectivity index (χ1) is 9.08. The van der Waals surface area contributed by atoms with Gasteiger partial charge in [-0.2, -0.15) is 15.8 Å². The third kappa shape index (κ3) is 6.80. The Bertz CT molecular complexity index is 301. The van der Waals surface area contributed by atoms with E-state index < -0.39 is 0 Å². The lowest BCUT2D eigenvalue weighted by Crippen LogP contribution is -2.46. The minimum Gasteiger partial charge on any atom is -0.295 e. The molecule has 0 saturated heterocycles. The summed E-state index contributed by atoms with van der Waals surface area (Å²) in [7, 11) is 0. The molecule has 0 aliphatic rings. The summed E-state index contributed by atoms with van der Waals surface area (Å²) in [6.45, 7) is 6.38. The van der Waals surface area contributed by atoms with Crippen molar-refractivity contribution in [1.82, 2.24) is 4.90 Å². The van der Waals surface area contributed by atoms with Crippen LogP contribution < -0.4 is 0 Å². The van der Waals surface area contributed by atoms with Crippen LogP contribution in [0.3, 0.4) is 0 Å². The lowest BCUT2D eigenvalue weighted by molar-refractivity contribution is 0.0902. The van der Waals surface area contributed by atoms with Gasteiger partial charge in [-0.3, -0.25) is 4.90 Å². The molecule has 0 aromatic heterocycles. The average Bonchev–Trinajstić information content (AvgIpc) is 2.40. The number of nitrogens with zero attached hydrogens (tertiary/aromatic N) is 4. The summed E-state index contributed by atoms with van der Waals surface area (Å²) in [6, 6.07) is 7.48. The Morgan fingerprint density at radius 3 is 1.16 bits per heavy atom. The Labute approximate surface area is 117 Å². The molecular weight excluding hydrogens is 236 g/mol. The Kier molecular flexibility index (Phi) is 9.51. The van der Waals surface area contributed by atoms with Crippen LogP contribution in [0.5, 0.6) is 0 Å². The Morgan fingerprint density at radius 1 is 0.684 bits per heavy atom. The lowest BCUT2D eigenvalue weighted by atomic mass is 10.0. The molecule has 0 amide bonds. The van der Waals surface area contributed by atoms with Gasteiger partial charge in [0.2, 0.25) is 0 Å². The van der Waals surface area contributed by atoms with E-state index in [4.69, 9.17) is 15.8 Å². The third-order valence-electron chi connectivity index (χ3n) is 3.55. The molecule has 0 aromatic rings. The Balaban J connectivity index is 4.67. The number of hydrogen-bond acceptors (Lipinski definition) is 4. The van der Waals surface area contributed by atoms with E-state index >= 15 is 0 Å². The smallest absolute Gasteiger partial charge is 0.0622 e. The molecule has 19 heavy (non-hydrogen) atoms. The first kappa shape index (κ1) is 17.4. The predicted molar refractivity (Wildman–Crippen MR) is 74.8 cm³/mol. The van der Waals surface area contributed by atoms with Crippen molar-refractivity contribution >= 4 is 0 Å². The fourth-order valence-corrected chi connectivity index (χ4v) is 2.57. The predicted octanol–water partition coefficient (Wildman–Crippen LogP) is 3.37. The number of nitriles is 3. The zero-order valence-electron chi connectivity index (χ0n) is 12.3. The SMILES string of the molecule is CC(CCC#N)N(C(C)CCC#N)C(C)CCC#N. The summed E-state index contributed by atoms with van der Waals surface area (Å²) in [5.74, 6) is 0. The molecule has 0 heterocycles. The second-order valence-electron chi connectivity index (χ2n) is 5.08. The van der Waals surface area contributed by atoms with Gasteiger partial charge in [-0.05, 0) is 40.0 Å². The van der Waals surface area contributed by atoms with Crippen LogP contribution in [0.1, 0.15) is 59.3 Å². The molecule has 0 spiro atoms. The van der Waals surface area contributed by atoms with Gasteiger partial charge in [0.15, 0.2) is 0 Å². The van der Waals surface area contributed by atoms with Gasteiger partial charge in [0, 0.05) is 37.4 Å². The quantitative estimate of drug-likeness (QED) is 0.637. The second-order valence-corrected chi connectivity index (χ2v) is 5.08. The van der Waals surface area contributed by atoms with E-state index in [9.17, 15) is 0 Å². The number of rotatable bonds is 9. The first-order valence-corrected chi connectivity index (χ1v) is 6.96. The summed E-state index contributed by atoms with van der Waals surface area (Å²) >= 11 is 0. The molecule has 4 heteroatoms. The topological polar surface area (TPSA) is 74.6 Å². The van der Waals surface area contributed by atoms with E-state index in [1.54, 1.807) is 0 Å². The van der Waals surface area contributed by atoms with Crippen molar-refractivity contribution in [2.75, 3.05) is 0 Å². The minimum atomic E-state index is 0.307. The minimum absolute atomic E-state index is 0.307. The molecule has 0 aliphatic heterocycles. The lowest BCUT2D eigenvalue weighted by Gasteiger charge is -2.39. The van der Waals surface area contributed by atoms with Gasteiger partial charge in [-0.1, -0.05) is 0 Å². The van der Waals surface area contributed by atoms with Crippen LogP contribution in [0.25, 0.3) is 0 Å². The molecule has 3 unspecified atom stereocenters. The normalized spacial score (nSPS) is 15.0. The zero-order valence-corrected chi connectivity index (χ0v) is 12.3. The largest absolute Gasteiger partial charge is 0.295 e. The van der Waals surface area contributed by atoms with Crippen LogP contribution >= 0.6 is 0 Å². The summed E-state index contributed by atoms with van der Waals surface area (Å²) in [5.41, 5.74) is 0. The van der Waals surface area contributed by atoms with E-state index in [0.29, 0.717) is 37.4 Å². The molecule has 0 rings (SSSR count). The zero-order chi connectivity index (χ0) is 14.7. The second kappa shape index (κ2) is 10.4. The van der Waals surface area contributed by atoms with E-state index in [2.05, 4.69) is 43.9 Å². The van der Waals surface area contributed by atoms with Crippen molar-refractivity contribution in [1.29, 1.82) is 15.8 Å². The maximum Gasteiger partial charge on any atom is 0.0622 e. The van der Waals surface area contributed by atoms with Crippen LogP contribution in [0.2, 0.25) is 0 Å². The first-order valence-electron chi connectivity index (χ1n) is 6.96. The molecule has 0 bridgehead atoms. The van der Waals surface area contributed by atoms with Crippen molar-refractivity contribution in [2.45, 2.75) is 77.4 Å². The van der Waals surface area contributed by atoms with Gasteiger partial charge in [0.25, 0.3) is 0 Å². The Morgan fingerprint density at radius 2 is 0.947 bits per heavy atom. The van der Waals surface area contributed by atoms with Crippen molar-refractivity contribution < 1.29 is 0 Å². The molecule has 4 nitrogen and oxygen atoms in total. The monoisotopic (exact) mass is 260 g/mol. The van der Waals surface area contributed by atoms with Gasteiger partial charge in [0.1, 0.15) is 0 Å². The standard InChI is InChI=1S/C15H24N4/c1-13(7-4-10-16)19(14(2)8-5-11-17)15(3)9-6-12-18/h13-15H,4-9H2,1-3H3. The van der Waals surface area contributed by atoms with Crippen molar-refractivity contribution in [2.24, 2.45) is 0 Å². The van der Waals surface area contributed by atoms with Gasteiger partial charge in [-0.15, -0.1) is 0 Å². The molecule has 0 aliphatic carbocycles. The van der Waals surface area contributed by atoms with Crippen LogP contribution in [-0.4, -0.2) is 23.0 Å². The van der Waals surface area contributed by atoms with Crippen LogP contribution in [0.15, 0.2) is 0 Å². The summed E-state index contributed by atoms with van der Waals surface area (Å²) in [6.07, 6.45) is 4.16. The summed E-state index contributed by atoms with van der Waals surface area (Å²) in [4.78, 5) is 2.37. The van der Waals surface area contributed by atoms with Crippen molar-refractivity contribution in [3.05, 3.63) is 0 Å². The van der Waals surface area contributed by atoms with Crippen molar-refractivity contribution in [3.8, 4) is 18.2 Å². The van der Waals surface area contributed by atoms with E-state index in [0.717, 1.165) is 19.3 Å². The summed E-state index contributed by atoms with van der Waals surface area (Å²) < 4.78 is 0. The molecule has 0 saturated carbocycles. The average molecular weight is 260 g/mol.